The molecule has 9 heteroatoms. The van der Waals surface area contributed by atoms with E-state index in [-0.39, 0.29) is 30.9 Å². The molecular formula is C14H19F2N5OS. The lowest BCUT2D eigenvalue weighted by atomic mass is 10.2. The number of hydrogen-bond donors (Lipinski definition) is 2. The topological polar surface area (TPSA) is 71.8 Å². The average molecular weight is 343 g/mol. The number of hydrogen-bond acceptors (Lipinski definition) is 4. The molecule has 2 amide bonds. The molecular weight excluding hydrogens is 324 g/mol. The molecule has 2 aromatic heterocycles. The number of aromatic nitrogens is 3. The Hall–Kier alpha value is -2.03. The summed E-state index contributed by atoms with van der Waals surface area (Å²) in [7, 11) is 0. The molecule has 2 aromatic rings. The third kappa shape index (κ3) is 4.72. The van der Waals surface area contributed by atoms with Crippen LogP contribution in [0.15, 0.2) is 17.8 Å². The predicted octanol–water partition coefficient (Wildman–Crippen LogP) is 3.04. The van der Waals surface area contributed by atoms with E-state index in [1.807, 2.05) is 19.2 Å². The van der Waals surface area contributed by atoms with E-state index in [2.05, 4.69) is 20.6 Å². The highest BCUT2D eigenvalue weighted by Crippen LogP contribution is 2.20. The van der Waals surface area contributed by atoms with E-state index in [0.29, 0.717) is 0 Å². The number of carbonyl (C=O) groups excluding carboxylic acids is 1. The fourth-order valence-electron chi connectivity index (χ4n) is 2.08. The molecule has 0 aliphatic carbocycles. The SMILES string of the molecule is CC[C@@H](NC(=O)NCCc1nccn1C(F)F)c1nc(C)cs1. The zero-order valence-corrected chi connectivity index (χ0v) is 13.7. The van der Waals surface area contributed by atoms with Crippen molar-refractivity contribution < 1.29 is 13.6 Å². The third-order valence-electron chi connectivity index (χ3n) is 3.24. The van der Waals surface area contributed by atoms with Gasteiger partial charge in [-0.25, -0.2) is 14.8 Å². The van der Waals surface area contributed by atoms with Crippen LogP contribution in [0.4, 0.5) is 13.6 Å². The van der Waals surface area contributed by atoms with Crippen LogP contribution in [-0.4, -0.2) is 27.1 Å². The van der Waals surface area contributed by atoms with Gasteiger partial charge < -0.3 is 10.6 Å². The maximum atomic E-state index is 12.7. The molecule has 0 unspecified atom stereocenters. The molecule has 0 aliphatic heterocycles. The largest absolute Gasteiger partial charge is 0.338 e. The zero-order chi connectivity index (χ0) is 16.8. The summed E-state index contributed by atoms with van der Waals surface area (Å²) in [4.78, 5) is 20.1. The van der Waals surface area contributed by atoms with Crippen molar-refractivity contribution in [1.82, 2.24) is 25.2 Å². The lowest BCUT2D eigenvalue weighted by Gasteiger charge is -2.15. The number of urea groups is 1. The van der Waals surface area contributed by atoms with Gasteiger partial charge in [-0.1, -0.05) is 6.92 Å². The molecule has 0 fully saturated rings. The van der Waals surface area contributed by atoms with Crippen molar-refractivity contribution in [3.8, 4) is 0 Å². The summed E-state index contributed by atoms with van der Waals surface area (Å²) in [6, 6.07) is -0.503. The summed E-state index contributed by atoms with van der Waals surface area (Å²) in [6.45, 7) is 1.46. The fourth-order valence-corrected chi connectivity index (χ4v) is 3.01. The summed E-state index contributed by atoms with van der Waals surface area (Å²) in [5.41, 5.74) is 0.921. The first-order valence-electron chi connectivity index (χ1n) is 7.27. The van der Waals surface area contributed by atoms with Crippen LogP contribution in [0.25, 0.3) is 0 Å². The van der Waals surface area contributed by atoms with Crippen molar-refractivity contribution in [1.29, 1.82) is 0 Å². The average Bonchev–Trinajstić information content (AvgIpc) is 3.13. The van der Waals surface area contributed by atoms with Gasteiger partial charge in [0.15, 0.2) is 0 Å². The highest BCUT2D eigenvalue weighted by atomic mass is 32.1. The van der Waals surface area contributed by atoms with E-state index in [9.17, 15) is 13.6 Å². The number of amides is 2. The minimum absolute atomic E-state index is 0.156. The van der Waals surface area contributed by atoms with Crippen LogP contribution in [0.2, 0.25) is 0 Å². The van der Waals surface area contributed by atoms with Crippen molar-refractivity contribution in [2.24, 2.45) is 0 Å². The normalized spacial score (nSPS) is 12.4. The number of thiazole rings is 1. The maximum absolute atomic E-state index is 12.7. The summed E-state index contributed by atoms with van der Waals surface area (Å²) in [6.07, 6.45) is 3.49. The second-order valence-electron chi connectivity index (χ2n) is 4.97. The maximum Gasteiger partial charge on any atom is 0.319 e. The van der Waals surface area contributed by atoms with E-state index in [1.54, 1.807) is 0 Å². The summed E-state index contributed by atoms with van der Waals surface area (Å²) >= 11 is 1.50. The molecule has 2 heterocycles. The van der Waals surface area contributed by atoms with Crippen LogP contribution in [0, 0.1) is 6.92 Å². The molecule has 6 nitrogen and oxygen atoms in total. The molecule has 1 atom stereocenters. The Morgan fingerprint density at radius 3 is 2.87 bits per heavy atom. The van der Waals surface area contributed by atoms with Gasteiger partial charge in [-0.3, -0.25) is 4.57 Å². The van der Waals surface area contributed by atoms with E-state index in [0.717, 1.165) is 21.7 Å². The quantitative estimate of drug-likeness (QED) is 0.812. The minimum Gasteiger partial charge on any atom is -0.338 e. The molecule has 0 aromatic carbocycles. The Morgan fingerprint density at radius 2 is 2.26 bits per heavy atom. The Bertz CT molecular complexity index is 643. The number of alkyl halides is 2. The van der Waals surface area contributed by atoms with Gasteiger partial charge in [-0.2, -0.15) is 8.78 Å². The third-order valence-corrected chi connectivity index (χ3v) is 4.32. The first kappa shape index (κ1) is 17.3. The van der Waals surface area contributed by atoms with Crippen LogP contribution >= 0.6 is 11.3 Å². The van der Waals surface area contributed by atoms with Gasteiger partial charge in [-0.05, 0) is 13.3 Å². The predicted molar refractivity (Wildman–Crippen MR) is 83.6 cm³/mol. The van der Waals surface area contributed by atoms with Gasteiger partial charge in [0.25, 0.3) is 0 Å². The summed E-state index contributed by atoms with van der Waals surface area (Å²) in [5, 5.41) is 8.28. The number of carbonyl (C=O) groups is 1. The van der Waals surface area contributed by atoms with E-state index >= 15 is 0 Å². The zero-order valence-electron chi connectivity index (χ0n) is 12.9. The van der Waals surface area contributed by atoms with Gasteiger partial charge >= 0.3 is 12.6 Å². The number of imidazole rings is 1. The van der Waals surface area contributed by atoms with Crippen LogP contribution in [-0.2, 0) is 6.42 Å². The van der Waals surface area contributed by atoms with Gasteiger partial charge in [0.1, 0.15) is 10.8 Å². The standard InChI is InChI=1S/C14H19F2N5OS/c1-3-10(12-19-9(2)8-23-12)20-14(22)18-5-4-11-17-6-7-21(11)13(15)16/h6-8,10,13H,3-5H2,1-2H3,(H2,18,20,22)/t10-/m1/s1. The van der Waals surface area contributed by atoms with Crippen LogP contribution in [0.3, 0.4) is 0 Å². The molecule has 0 saturated heterocycles. The molecule has 0 spiro atoms. The van der Waals surface area contributed by atoms with Crippen LogP contribution < -0.4 is 10.6 Å². The van der Waals surface area contributed by atoms with Crippen molar-refractivity contribution in [2.45, 2.75) is 39.3 Å². The Labute approximate surface area is 136 Å². The minimum atomic E-state index is -2.63. The molecule has 2 rings (SSSR count). The fraction of sp³-hybridized carbons (Fsp3) is 0.500. The van der Waals surface area contributed by atoms with Gasteiger partial charge in [0, 0.05) is 36.4 Å². The van der Waals surface area contributed by atoms with Gasteiger partial charge in [0.05, 0.1) is 6.04 Å². The number of rotatable bonds is 7. The number of nitrogens with zero attached hydrogens (tertiary/aromatic N) is 3. The lowest BCUT2D eigenvalue weighted by molar-refractivity contribution is 0.0670. The van der Waals surface area contributed by atoms with E-state index in [4.69, 9.17) is 0 Å². The van der Waals surface area contributed by atoms with Crippen LogP contribution in [0.1, 0.15) is 42.5 Å². The second kappa shape index (κ2) is 8.00. The van der Waals surface area contributed by atoms with Gasteiger partial charge in [0.2, 0.25) is 0 Å². The van der Waals surface area contributed by atoms with Crippen LogP contribution in [0.5, 0.6) is 0 Å². The van der Waals surface area contributed by atoms with E-state index in [1.165, 1.54) is 23.7 Å². The molecule has 0 radical (unpaired) electrons. The molecule has 23 heavy (non-hydrogen) atoms. The molecule has 2 N–H and O–H groups in total. The monoisotopic (exact) mass is 343 g/mol. The Balaban J connectivity index is 1.81. The first-order chi connectivity index (χ1) is 11.0. The smallest absolute Gasteiger partial charge is 0.319 e. The van der Waals surface area contributed by atoms with E-state index < -0.39 is 6.55 Å². The molecule has 126 valence electrons. The Morgan fingerprint density at radius 1 is 1.48 bits per heavy atom. The highest BCUT2D eigenvalue weighted by molar-refractivity contribution is 7.09. The number of halogens is 2. The molecule has 0 bridgehead atoms. The molecule has 0 aliphatic rings. The van der Waals surface area contributed by atoms with Crippen molar-refractivity contribution in [3.05, 3.63) is 34.3 Å². The summed E-state index contributed by atoms with van der Waals surface area (Å²) < 4.78 is 26.1. The Kier molecular flexibility index (Phi) is 6.03. The van der Waals surface area contributed by atoms with Crippen molar-refractivity contribution in [3.63, 3.8) is 0 Å². The van der Waals surface area contributed by atoms with Crippen molar-refractivity contribution >= 4 is 17.4 Å². The lowest BCUT2D eigenvalue weighted by Crippen LogP contribution is -2.38. The first-order valence-corrected chi connectivity index (χ1v) is 8.15. The highest BCUT2D eigenvalue weighted by Gasteiger charge is 2.16. The molecule has 0 saturated carbocycles. The second-order valence-corrected chi connectivity index (χ2v) is 5.86. The summed E-state index contributed by atoms with van der Waals surface area (Å²) in [5.74, 6) is 0.239. The van der Waals surface area contributed by atoms with Gasteiger partial charge in [-0.15, -0.1) is 11.3 Å². The number of aryl methyl sites for hydroxylation is 1. The van der Waals surface area contributed by atoms with Crippen molar-refractivity contribution in [2.75, 3.05) is 6.54 Å². The number of nitrogens with one attached hydrogen (secondary N) is 2.